The molecule has 6 heteroatoms. The minimum atomic E-state index is -0.596. The average molecular weight is 188 g/mol. The van der Waals surface area contributed by atoms with Gasteiger partial charge in [0, 0.05) is 0 Å². The van der Waals surface area contributed by atoms with Crippen molar-refractivity contribution in [2.24, 2.45) is 0 Å². The van der Waals surface area contributed by atoms with Gasteiger partial charge in [0.25, 0.3) is 0 Å². The number of nitro groups is 1. The number of nitrogens with zero attached hydrogens (tertiary/aromatic N) is 3. The Morgan fingerprint density at radius 3 is 3.00 bits per heavy atom. The molecule has 6 nitrogen and oxygen atoms in total. The first kappa shape index (κ1) is 8.19. The van der Waals surface area contributed by atoms with Crippen molar-refractivity contribution in [3.8, 4) is 6.07 Å². The van der Waals surface area contributed by atoms with Crippen LogP contribution < -0.4 is 0 Å². The van der Waals surface area contributed by atoms with Crippen LogP contribution in [0.4, 0.5) is 5.69 Å². The molecule has 0 atom stereocenters. The fourth-order valence-corrected chi connectivity index (χ4v) is 1.27. The van der Waals surface area contributed by atoms with Gasteiger partial charge in [-0.25, -0.2) is 4.98 Å². The molecular formula is C8H4N4O2. The number of imidazole rings is 1. The van der Waals surface area contributed by atoms with Crippen LogP contribution in [0.2, 0.25) is 0 Å². The van der Waals surface area contributed by atoms with E-state index in [1.165, 1.54) is 12.4 Å². The Morgan fingerprint density at radius 1 is 1.57 bits per heavy atom. The Balaban J connectivity index is 2.91. The van der Waals surface area contributed by atoms with E-state index in [0.29, 0.717) is 5.52 Å². The molecule has 1 heterocycles. The molecule has 0 aliphatic heterocycles. The van der Waals surface area contributed by atoms with Crippen LogP contribution in [-0.2, 0) is 0 Å². The SMILES string of the molecule is N#Cc1ccc2[nH]cnc2c1[N+](=O)[O-]. The number of fused-ring (bicyclic) bond motifs is 1. The summed E-state index contributed by atoms with van der Waals surface area (Å²) in [7, 11) is 0. The van der Waals surface area contributed by atoms with E-state index >= 15 is 0 Å². The predicted octanol–water partition coefficient (Wildman–Crippen LogP) is 1.34. The predicted molar refractivity (Wildman–Crippen MR) is 47.5 cm³/mol. The van der Waals surface area contributed by atoms with Gasteiger partial charge in [0.1, 0.15) is 11.6 Å². The molecule has 0 unspecified atom stereocenters. The number of benzene rings is 1. The third-order valence-corrected chi connectivity index (χ3v) is 1.87. The highest BCUT2D eigenvalue weighted by molar-refractivity contribution is 5.87. The van der Waals surface area contributed by atoms with Crippen molar-refractivity contribution in [3.05, 3.63) is 34.1 Å². The van der Waals surface area contributed by atoms with Gasteiger partial charge in [-0.2, -0.15) is 5.26 Å². The highest BCUT2D eigenvalue weighted by Crippen LogP contribution is 2.26. The molecule has 2 rings (SSSR count). The van der Waals surface area contributed by atoms with Gasteiger partial charge in [0.15, 0.2) is 5.52 Å². The van der Waals surface area contributed by atoms with Crippen molar-refractivity contribution in [2.45, 2.75) is 0 Å². The molecule has 2 aromatic rings. The highest BCUT2D eigenvalue weighted by Gasteiger charge is 2.19. The lowest BCUT2D eigenvalue weighted by Crippen LogP contribution is -1.93. The lowest BCUT2D eigenvalue weighted by Gasteiger charge is -1.94. The van der Waals surface area contributed by atoms with E-state index in [1.54, 1.807) is 12.1 Å². The number of nitrogens with one attached hydrogen (secondary N) is 1. The number of nitriles is 1. The quantitative estimate of drug-likeness (QED) is 0.539. The first-order valence-electron chi connectivity index (χ1n) is 3.74. The van der Waals surface area contributed by atoms with E-state index in [-0.39, 0.29) is 16.8 Å². The van der Waals surface area contributed by atoms with Crippen molar-refractivity contribution in [3.63, 3.8) is 0 Å². The van der Waals surface area contributed by atoms with Gasteiger partial charge in [-0.05, 0) is 12.1 Å². The number of aromatic amines is 1. The fraction of sp³-hybridized carbons (Fsp3) is 0. The first-order valence-corrected chi connectivity index (χ1v) is 3.74. The van der Waals surface area contributed by atoms with Crippen LogP contribution in [0.1, 0.15) is 5.56 Å². The fourth-order valence-electron chi connectivity index (χ4n) is 1.27. The van der Waals surface area contributed by atoms with Crippen molar-refractivity contribution in [1.29, 1.82) is 5.26 Å². The number of hydrogen-bond acceptors (Lipinski definition) is 4. The van der Waals surface area contributed by atoms with E-state index in [2.05, 4.69) is 9.97 Å². The second-order valence-corrected chi connectivity index (χ2v) is 2.63. The number of nitro benzene ring substituents is 1. The molecule has 1 aromatic heterocycles. The first-order chi connectivity index (χ1) is 6.74. The Kier molecular flexibility index (Phi) is 1.65. The summed E-state index contributed by atoms with van der Waals surface area (Å²) in [4.78, 5) is 16.6. The standard InChI is InChI=1S/C8H4N4O2/c9-3-5-1-2-6-7(11-4-10-6)8(5)12(13)14/h1-2,4H,(H,10,11). The van der Waals surface area contributed by atoms with E-state index < -0.39 is 4.92 Å². The van der Waals surface area contributed by atoms with Gasteiger partial charge >= 0.3 is 5.69 Å². The van der Waals surface area contributed by atoms with Crippen LogP contribution in [0.5, 0.6) is 0 Å². The topological polar surface area (TPSA) is 95.6 Å². The van der Waals surface area contributed by atoms with Crippen LogP contribution in [0.25, 0.3) is 11.0 Å². The summed E-state index contributed by atoms with van der Waals surface area (Å²) in [5.74, 6) is 0. The summed E-state index contributed by atoms with van der Waals surface area (Å²) < 4.78 is 0. The monoisotopic (exact) mass is 188 g/mol. The van der Waals surface area contributed by atoms with Crippen LogP contribution >= 0.6 is 0 Å². The summed E-state index contributed by atoms with van der Waals surface area (Å²) >= 11 is 0. The third kappa shape index (κ3) is 0.998. The van der Waals surface area contributed by atoms with Gasteiger partial charge in [0.05, 0.1) is 16.8 Å². The molecule has 0 fully saturated rings. The van der Waals surface area contributed by atoms with Gasteiger partial charge in [-0.1, -0.05) is 0 Å². The van der Waals surface area contributed by atoms with E-state index in [0.717, 1.165) is 0 Å². The lowest BCUT2D eigenvalue weighted by molar-refractivity contribution is -0.383. The van der Waals surface area contributed by atoms with Gasteiger partial charge < -0.3 is 4.98 Å². The molecule has 0 saturated carbocycles. The van der Waals surface area contributed by atoms with Crippen molar-refractivity contribution >= 4 is 16.7 Å². The van der Waals surface area contributed by atoms with Crippen LogP contribution in [0, 0.1) is 21.4 Å². The second kappa shape index (κ2) is 2.81. The van der Waals surface area contributed by atoms with Crippen molar-refractivity contribution in [2.75, 3.05) is 0 Å². The van der Waals surface area contributed by atoms with Crippen LogP contribution in [-0.4, -0.2) is 14.9 Å². The number of hydrogen-bond donors (Lipinski definition) is 1. The number of H-pyrrole nitrogens is 1. The van der Waals surface area contributed by atoms with Crippen molar-refractivity contribution in [1.82, 2.24) is 9.97 Å². The summed E-state index contributed by atoms with van der Waals surface area (Å²) in [5.41, 5.74) is 0.547. The zero-order valence-corrected chi connectivity index (χ0v) is 6.89. The molecule has 0 radical (unpaired) electrons. The summed E-state index contributed by atoms with van der Waals surface area (Å²) in [6, 6.07) is 4.76. The van der Waals surface area contributed by atoms with Crippen LogP contribution in [0.15, 0.2) is 18.5 Å². The molecule has 0 aliphatic carbocycles. The Labute approximate surface area is 78.0 Å². The minimum absolute atomic E-state index is 0.0228. The van der Waals surface area contributed by atoms with Gasteiger partial charge in [-0.15, -0.1) is 0 Å². The molecule has 0 bridgehead atoms. The summed E-state index contributed by atoms with van der Waals surface area (Å²) in [6.45, 7) is 0. The summed E-state index contributed by atoms with van der Waals surface area (Å²) in [5, 5.41) is 19.4. The molecule has 68 valence electrons. The van der Waals surface area contributed by atoms with Gasteiger partial charge in [-0.3, -0.25) is 10.1 Å². The van der Waals surface area contributed by atoms with E-state index in [9.17, 15) is 10.1 Å². The molecule has 0 spiro atoms. The molecule has 1 aromatic carbocycles. The average Bonchev–Trinajstić information content (AvgIpc) is 2.62. The number of rotatable bonds is 1. The zero-order chi connectivity index (χ0) is 10.1. The Bertz CT molecular complexity index is 552. The summed E-state index contributed by atoms with van der Waals surface area (Å²) in [6.07, 6.45) is 1.36. The Morgan fingerprint density at radius 2 is 2.36 bits per heavy atom. The smallest absolute Gasteiger partial charge is 0.314 e. The lowest BCUT2D eigenvalue weighted by atomic mass is 10.1. The highest BCUT2D eigenvalue weighted by atomic mass is 16.6. The molecule has 0 amide bonds. The normalized spacial score (nSPS) is 9.93. The largest absolute Gasteiger partial charge is 0.344 e. The Hall–Kier alpha value is -2.42. The molecular weight excluding hydrogens is 184 g/mol. The van der Waals surface area contributed by atoms with E-state index in [1.807, 2.05) is 0 Å². The molecule has 0 saturated heterocycles. The maximum atomic E-state index is 10.7. The number of aromatic nitrogens is 2. The van der Waals surface area contributed by atoms with Crippen molar-refractivity contribution < 1.29 is 4.92 Å². The second-order valence-electron chi connectivity index (χ2n) is 2.63. The molecule has 0 aliphatic rings. The molecule has 14 heavy (non-hydrogen) atoms. The van der Waals surface area contributed by atoms with Crippen LogP contribution in [0.3, 0.4) is 0 Å². The van der Waals surface area contributed by atoms with E-state index in [4.69, 9.17) is 5.26 Å². The van der Waals surface area contributed by atoms with Gasteiger partial charge in [0.2, 0.25) is 0 Å². The molecule has 1 N–H and O–H groups in total. The maximum absolute atomic E-state index is 10.7. The zero-order valence-electron chi connectivity index (χ0n) is 6.89. The maximum Gasteiger partial charge on any atom is 0.314 e. The minimum Gasteiger partial charge on any atom is -0.344 e. The third-order valence-electron chi connectivity index (χ3n) is 1.87.